The molecule has 1 fully saturated rings. The summed E-state index contributed by atoms with van der Waals surface area (Å²) in [6, 6.07) is 8.36. The Morgan fingerprint density at radius 1 is 1.29 bits per heavy atom. The van der Waals surface area contributed by atoms with Crippen molar-refractivity contribution in [2.75, 3.05) is 32.8 Å². The highest BCUT2D eigenvalue weighted by molar-refractivity contribution is 5.72. The molecule has 1 aliphatic heterocycles. The average molecular weight is 333 g/mol. The van der Waals surface area contributed by atoms with Crippen LogP contribution in [0.4, 0.5) is 0 Å². The number of ether oxygens (including phenoxy) is 2. The highest BCUT2D eigenvalue weighted by atomic mass is 16.5. The Bertz CT molecular complexity index is 507. The summed E-state index contributed by atoms with van der Waals surface area (Å²) in [6.45, 7) is 10.5. The van der Waals surface area contributed by atoms with E-state index in [1.54, 1.807) is 0 Å². The van der Waals surface area contributed by atoms with Gasteiger partial charge in [0.1, 0.15) is 5.75 Å². The first-order valence-electron chi connectivity index (χ1n) is 9.22. The summed E-state index contributed by atoms with van der Waals surface area (Å²) in [5.74, 6) is 1.55. The Balaban J connectivity index is 1.63. The van der Waals surface area contributed by atoms with Crippen LogP contribution in [-0.4, -0.2) is 43.7 Å². The van der Waals surface area contributed by atoms with E-state index in [9.17, 15) is 4.79 Å². The second-order valence-electron chi connectivity index (χ2n) is 6.80. The molecule has 1 saturated heterocycles. The van der Waals surface area contributed by atoms with Crippen LogP contribution in [0.25, 0.3) is 0 Å². The van der Waals surface area contributed by atoms with Crippen LogP contribution >= 0.6 is 0 Å². The summed E-state index contributed by atoms with van der Waals surface area (Å²) in [5, 5.41) is 0. The van der Waals surface area contributed by atoms with Gasteiger partial charge in [-0.1, -0.05) is 26.0 Å². The standard InChI is InChI=1S/C20H31NO3/c1-4-23-20(22)17-9-12-21(13-10-17)11-6-14-24-19-8-5-7-18(15-19)16(2)3/h5,7-8,15-17H,4,6,9-14H2,1-3H3. The Hall–Kier alpha value is -1.55. The third-order valence-corrected chi connectivity index (χ3v) is 4.62. The number of carbonyl (C=O) groups is 1. The van der Waals surface area contributed by atoms with E-state index >= 15 is 0 Å². The number of hydrogen-bond donors (Lipinski definition) is 0. The Kier molecular flexibility index (Phi) is 7.57. The summed E-state index contributed by atoms with van der Waals surface area (Å²) in [5.41, 5.74) is 1.31. The predicted octanol–water partition coefficient (Wildman–Crippen LogP) is 3.85. The van der Waals surface area contributed by atoms with Crippen molar-refractivity contribution in [3.8, 4) is 5.75 Å². The van der Waals surface area contributed by atoms with Crippen molar-refractivity contribution in [2.24, 2.45) is 5.92 Å². The van der Waals surface area contributed by atoms with Crippen LogP contribution < -0.4 is 4.74 Å². The van der Waals surface area contributed by atoms with Gasteiger partial charge in [-0.2, -0.15) is 0 Å². The fraction of sp³-hybridized carbons (Fsp3) is 0.650. The van der Waals surface area contributed by atoms with Crippen LogP contribution in [0.2, 0.25) is 0 Å². The zero-order valence-electron chi connectivity index (χ0n) is 15.3. The maximum absolute atomic E-state index is 11.7. The van der Waals surface area contributed by atoms with Crippen molar-refractivity contribution in [3.05, 3.63) is 29.8 Å². The van der Waals surface area contributed by atoms with Crippen molar-refractivity contribution in [1.82, 2.24) is 4.90 Å². The SMILES string of the molecule is CCOC(=O)C1CCN(CCCOc2cccc(C(C)C)c2)CC1. The number of esters is 1. The molecule has 0 aromatic heterocycles. The molecule has 0 amide bonds. The molecule has 0 bridgehead atoms. The molecule has 134 valence electrons. The first-order chi connectivity index (χ1) is 11.6. The molecule has 0 spiro atoms. The maximum atomic E-state index is 11.7. The lowest BCUT2D eigenvalue weighted by Gasteiger charge is -2.30. The van der Waals surface area contributed by atoms with Gasteiger partial charge in [-0.25, -0.2) is 0 Å². The van der Waals surface area contributed by atoms with Gasteiger partial charge in [-0.3, -0.25) is 4.79 Å². The van der Waals surface area contributed by atoms with E-state index in [1.165, 1.54) is 5.56 Å². The fourth-order valence-electron chi connectivity index (χ4n) is 3.09. The number of benzene rings is 1. The molecule has 0 unspecified atom stereocenters. The van der Waals surface area contributed by atoms with Gasteiger partial charge >= 0.3 is 5.97 Å². The average Bonchev–Trinajstić information content (AvgIpc) is 2.60. The molecule has 4 heteroatoms. The molecule has 0 saturated carbocycles. The van der Waals surface area contributed by atoms with Crippen LogP contribution in [0.5, 0.6) is 5.75 Å². The van der Waals surface area contributed by atoms with Crippen molar-refractivity contribution in [3.63, 3.8) is 0 Å². The van der Waals surface area contributed by atoms with Crippen molar-refractivity contribution in [1.29, 1.82) is 0 Å². The first-order valence-corrected chi connectivity index (χ1v) is 9.22. The van der Waals surface area contributed by atoms with Gasteiger partial charge in [0, 0.05) is 6.54 Å². The molecule has 0 aliphatic carbocycles. The molecular formula is C20H31NO3. The summed E-state index contributed by atoms with van der Waals surface area (Å²) >= 11 is 0. The van der Waals surface area contributed by atoms with Gasteiger partial charge in [-0.05, 0) is 62.9 Å². The lowest BCUT2D eigenvalue weighted by atomic mass is 9.97. The van der Waals surface area contributed by atoms with E-state index in [-0.39, 0.29) is 11.9 Å². The lowest BCUT2D eigenvalue weighted by Crippen LogP contribution is -2.37. The molecule has 4 nitrogen and oxygen atoms in total. The topological polar surface area (TPSA) is 38.8 Å². The quantitative estimate of drug-likeness (QED) is 0.535. The van der Waals surface area contributed by atoms with E-state index in [1.807, 2.05) is 13.0 Å². The monoisotopic (exact) mass is 333 g/mol. The highest BCUT2D eigenvalue weighted by Crippen LogP contribution is 2.21. The molecule has 0 radical (unpaired) electrons. The second-order valence-corrected chi connectivity index (χ2v) is 6.80. The third kappa shape index (κ3) is 5.82. The maximum Gasteiger partial charge on any atom is 0.309 e. The summed E-state index contributed by atoms with van der Waals surface area (Å²) in [4.78, 5) is 14.2. The molecule has 1 aliphatic rings. The molecule has 2 rings (SSSR count). The number of piperidine rings is 1. The number of nitrogens with zero attached hydrogens (tertiary/aromatic N) is 1. The first kappa shape index (κ1) is 18.8. The third-order valence-electron chi connectivity index (χ3n) is 4.62. The van der Waals surface area contributed by atoms with Gasteiger partial charge < -0.3 is 14.4 Å². The van der Waals surface area contributed by atoms with Crippen LogP contribution in [0.1, 0.15) is 51.5 Å². The van der Waals surface area contributed by atoms with E-state index in [0.717, 1.165) is 51.3 Å². The zero-order valence-corrected chi connectivity index (χ0v) is 15.3. The van der Waals surface area contributed by atoms with Gasteiger partial charge in [0.05, 0.1) is 19.1 Å². The minimum absolute atomic E-state index is 0.0227. The number of likely N-dealkylation sites (tertiary alicyclic amines) is 1. The molecule has 0 N–H and O–H groups in total. The molecule has 24 heavy (non-hydrogen) atoms. The van der Waals surface area contributed by atoms with Crippen LogP contribution in [0, 0.1) is 5.92 Å². The fourth-order valence-corrected chi connectivity index (χ4v) is 3.09. The molecule has 1 aromatic rings. The van der Waals surface area contributed by atoms with Crippen molar-refractivity contribution >= 4 is 5.97 Å². The van der Waals surface area contributed by atoms with E-state index in [4.69, 9.17) is 9.47 Å². The normalized spacial score (nSPS) is 16.3. The molecular weight excluding hydrogens is 302 g/mol. The molecule has 1 aromatic carbocycles. The summed E-state index contributed by atoms with van der Waals surface area (Å²) in [7, 11) is 0. The Morgan fingerprint density at radius 3 is 2.71 bits per heavy atom. The summed E-state index contributed by atoms with van der Waals surface area (Å²) in [6.07, 6.45) is 2.84. The van der Waals surface area contributed by atoms with Crippen molar-refractivity contribution < 1.29 is 14.3 Å². The van der Waals surface area contributed by atoms with E-state index in [2.05, 4.69) is 36.9 Å². The minimum Gasteiger partial charge on any atom is -0.494 e. The molecule has 1 heterocycles. The van der Waals surface area contributed by atoms with Crippen LogP contribution in [0.15, 0.2) is 24.3 Å². The second kappa shape index (κ2) is 9.67. The van der Waals surface area contributed by atoms with Crippen LogP contribution in [0.3, 0.4) is 0 Å². The van der Waals surface area contributed by atoms with Gasteiger partial charge in [0.2, 0.25) is 0 Å². The van der Waals surface area contributed by atoms with Crippen molar-refractivity contribution in [2.45, 2.75) is 46.0 Å². The minimum atomic E-state index is -0.0227. The Labute approximate surface area is 146 Å². The molecule has 0 atom stereocenters. The van der Waals surface area contributed by atoms with E-state index in [0.29, 0.717) is 12.5 Å². The smallest absolute Gasteiger partial charge is 0.309 e. The summed E-state index contributed by atoms with van der Waals surface area (Å²) < 4.78 is 11.0. The lowest BCUT2D eigenvalue weighted by molar-refractivity contribution is -0.149. The van der Waals surface area contributed by atoms with Gasteiger partial charge in [0.15, 0.2) is 0 Å². The number of rotatable bonds is 8. The van der Waals surface area contributed by atoms with Gasteiger partial charge in [-0.15, -0.1) is 0 Å². The van der Waals surface area contributed by atoms with E-state index < -0.39 is 0 Å². The van der Waals surface area contributed by atoms with Gasteiger partial charge in [0.25, 0.3) is 0 Å². The number of carbonyl (C=O) groups excluding carboxylic acids is 1. The zero-order chi connectivity index (χ0) is 17.4. The highest BCUT2D eigenvalue weighted by Gasteiger charge is 2.25. The number of hydrogen-bond acceptors (Lipinski definition) is 4. The van der Waals surface area contributed by atoms with Crippen LogP contribution in [-0.2, 0) is 9.53 Å². The largest absolute Gasteiger partial charge is 0.494 e. The Morgan fingerprint density at radius 2 is 2.04 bits per heavy atom. The predicted molar refractivity (Wildman–Crippen MR) is 96.4 cm³/mol.